The predicted octanol–water partition coefficient (Wildman–Crippen LogP) is 5.54. The van der Waals surface area contributed by atoms with Gasteiger partial charge in [0, 0.05) is 23.1 Å². The number of furan rings is 1. The van der Waals surface area contributed by atoms with Gasteiger partial charge in [-0.2, -0.15) is 0 Å². The van der Waals surface area contributed by atoms with E-state index in [0.29, 0.717) is 23.7 Å². The Kier molecular flexibility index (Phi) is 8.74. The highest BCUT2D eigenvalue weighted by molar-refractivity contribution is 6.02. The van der Waals surface area contributed by atoms with E-state index >= 15 is 0 Å². The molecule has 1 aromatic heterocycles. The minimum absolute atomic E-state index is 0.0810. The van der Waals surface area contributed by atoms with Crippen molar-refractivity contribution in [1.29, 1.82) is 0 Å². The van der Waals surface area contributed by atoms with Gasteiger partial charge in [0.2, 0.25) is 5.91 Å². The minimum atomic E-state index is -0.336. The van der Waals surface area contributed by atoms with E-state index < -0.39 is 0 Å². The average molecular weight is 436 g/mol. The van der Waals surface area contributed by atoms with Crippen molar-refractivity contribution in [1.82, 2.24) is 0 Å². The highest BCUT2D eigenvalue weighted by atomic mass is 16.5. The molecule has 0 radical (unpaired) electrons. The molecule has 0 atom stereocenters. The van der Waals surface area contributed by atoms with Gasteiger partial charge in [0.1, 0.15) is 5.75 Å². The van der Waals surface area contributed by atoms with Crippen molar-refractivity contribution in [3.63, 3.8) is 0 Å². The van der Waals surface area contributed by atoms with Gasteiger partial charge in [-0.3, -0.25) is 9.59 Å². The van der Waals surface area contributed by atoms with Crippen LogP contribution in [0.25, 0.3) is 0 Å². The molecule has 32 heavy (non-hydrogen) atoms. The van der Waals surface area contributed by atoms with Gasteiger partial charge in [0.15, 0.2) is 5.76 Å². The summed E-state index contributed by atoms with van der Waals surface area (Å²) in [7, 11) is 0. The van der Waals surface area contributed by atoms with Crippen molar-refractivity contribution in [3.8, 4) is 5.75 Å². The lowest BCUT2D eigenvalue weighted by atomic mass is 10.2. The van der Waals surface area contributed by atoms with Crippen LogP contribution in [0.4, 0.5) is 17.1 Å². The summed E-state index contributed by atoms with van der Waals surface area (Å²) < 4.78 is 10.9. The number of carbonyl (C=O) groups excluding carboxylic acids is 2. The second kappa shape index (κ2) is 12.2. The molecule has 168 valence electrons. The molecule has 0 bridgehead atoms. The van der Waals surface area contributed by atoms with Gasteiger partial charge in [-0.15, -0.1) is 0 Å². The number of hydrogen-bond donors (Lipinski definition) is 3. The van der Waals surface area contributed by atoms with E-state index in [1.54, 1.807) is 30.3 Å². The van der Waals surface area contributed by atoms with E-state index in [1.807, 2.05) is 30.3 Å². The summed E-state index contributed by atoms with van der Waals surface area (Å²) in [6.07, 6.45) is 6.04. The lowest BCUT2D eigenvalue weighted by molar-refractivity contribution is -0.114. The maximum Gasteiger partial charge on any atom is 0.291 e. The summed E-state index contributed by atoms with van der Waals surface area (Å²) in [5.41, 5.74) is 1.99. The van der Waals surface area contributed by atoms with Crippen LogP contribution in [0.15, 0.2) is 71.3 Å². The van der Waals surface area contributed by atoms with Crippen molar-refractivity contribution in [2.75, 3.05) is 29.1 Å². The third-order valence-electron chi connectivity index (χ3n) is 4.70. The largest absolute Gasteiger partial charge is 0.494 e. The van der Waals surface area contributed by atoms with Crippen LogP contribution < -0.4 is 20.7 Å². The van der Waals surface area contributed by atoms with E-state index in [2.05, 4.69) is 22.9 Å². The SMILES string of the molecule is CCCCCCOc1cccc(NC(=O)CNc2cccc(NC(=O)c3ccco3)c2)c1. The van der Waals surface area contributed by atoms with Gasteiger partial charge >= 0.3 is 0 Å². The van der Waals surface area contributed by atoms with Crippen LogP contribution in [0.5, 0.6) is 5.75 Å². The molecule has 2 amide bonds. The van der Waals surface area contributed by atoms with Gasteiger partial charge in [-0.25, -0.2) is 0 Å². The van der Waals surface area contributed by atoms with Crippen molar-refractivity contribution < 1.29 is 18.7 Å². The maximum absolute atomic E-state index is 12.4. The summed E-state index contributed by atoms with van der Waals surface area (Å²) in [5.74, 6) is 0.453. The fourth-order valence-electron chi connectivity index (χ4n) is 3.08. The van der Waals surface area contributed by atoms with Crippen LogP contribution in [-0.2, 0) is 4.79 Å². The van der Waals surface area contributed by atoms with E-state index in [0.717, 1.165) is 18.6 Å². The van der Waals surface area contributed by atoms with Gasteiger partial charge in [-0.05, 0) is 48.9 Å². The summed E-state index contributed by atoms with van der Waals surface area (Å²) >= 11 is 0. The number of amides is 2. The molecule has 0 saturated carbocycles. The number of nitrogens with one attached hydrogen (secondary N) is 3. The van der Waals surface area contributed by atoms with Gasteiger partial charge < -0.3 is 25.1 Å². The van der Waals surface area contributed by atoms with Crippen LogP contribution in [0.3, 0.4) is 0 Å². The quantitative estimate of drug-likeness (QED) is 0.325. The van der Waals surface area contributed by atoms with Gasteiger partial charge in [0.05, 0.1) is 19.4 Å². The number of unbranched alkanes of at least 4 members (excludes halogenated alkanes) is 3. The zero-order chi connectivity index (χ0) is 22.6. The van der Waals surface area contributed by atoms with Crippen molar-refractivity contribution in [3.05, 3.63) is 72.7 Å². The molecule has 0 aliphatic heterocycles. The number of hydrogen-bond acceptors (Lipinski definition) is 5. The van der Waals surface area contributed by atoms with Gasteiger partial charge in [0.25, 0.3) is 5.91 Å². The Morgan fingerprint density at radius 3 is 2.44 bits per heavy atom. The van der Waals surface area contributed by atoms with Gasteiger partial charge in [-0.1, -0.05) is 38.3 Å². The Morgan fingerprint density at radius 2 is 1.66 bits per heavy atom. The highest BCUT2D eigenvalue weighted by Gasteiger charge is 2.09. The lowest BCUT2D eigenvalue weighted by Crippen LogP contribution is -2.21. The van der Waals surface area contributed by atoms with E-state index in [1.165, 1.54) is 19.1 Å². The van der Waals surface area contributed by atoms with Crippen LogP contribution in [0, 0.1) is 0 Å². The first kappa shape index (κ1) is 22.9. The zero-order valence-electron chi connectivity index (χ0n) is 18.2. The average Bonchev–Trinajstić information content (AvgIpc) is 3.33. The standard InChI is InChI=1S/C25H29N3O4/c1-2-3-4-5-14-31-22-12-7-11-21(17-22)27-24(29)18-26-19-9-6-10-20(16-19)28-25(30)23-13-8-15-32-23/h6-13,15-17,26H,2-5,14,18H2,1H3,(H,27,29)(H,28,30). The smallest absolute Gasteiger partial charge is 0.291 e. The van der Waals surface area contributed by atoms with Crippen molar-refractivity contribution >= 4 is 28.9 Å². The summed E-state index contributed by atoms with van der Waals surface area (Å²) in [5, 5.41) is 8.69. The molecule has 3 rings (SSSR count). The summed E-state index contributed by atoms with van der Waals surface area (Å²) in [6, 6.07) is 17.8. The van der Waals surface area contributed by atoms with Crippen molar-refractivity contribution in [2.24, 2.45) is 0 Å². The second-order valence-corrected chi connectivity index (χ2v) is 7.35. The fraction of sp³-hybridized carbons (Fsp3) is 0.280. The number of rotatable bonds is 12. The normalized spacial score (nSPS) is 10.4. The molecule has 0 unspecified atom stereocenters. The Morgan fingerprint density at radius 1 is 0.875 bits per heavy atom. The molecule has 0 aliphatic carbocycles. The first-order valence-electron chi connectivity index (χ1n) is 10.9. The molecule has 0 aliphatic rings. The van der Waals surface area contributed by atoms with Crippen LogP contribution in [-0.4, -0.2) is 25.0 Å². The third kappa shape index (κ3) is 7.50. The summed E-state index contributed by atoms with van der Waals surface area (Å²) in [4.78, 5) is 24.4. The topological polar surface area (TPSA) is 92.6 Å². The Hall–Kier alpha value is -3.74. The molecule has 7 nitrogen and oxygen atoms in total. The number of benzene rings is 2. The Balaban J connectivity index is 1.45. The molecule has 3 aromatic rings. The number of anilines is 3. The maximum atomic E-state index is 12.4. The van der Waals surface area contributed by atoms with E-state index in [9.17, 15) is 9.59 Å². The van der Waals surface area contributed by atoms with E-state index in [-0.39, 0.29) is 24.1 Å². The number of ether oxygens (including phenoxy) is 1. The Bertz CT molecular complexity index is 1000. The fourth-order valence-corrected chi connectivity index (χ4v) is 3.08. The zero-order valence-corrected chi connectivity index (χ0v) is 18.2. The molecular formula is C25H29N3O4. The molecule has 2 aromatic carbocycles. The number of carbonyl (C=O) groups is 2. The van der Waals surface area contributed by atoms with Crippen molar-refractivity contribution in [2.45, 2.75) is 32.6 Å². The third-order valence-corrected chi connectivity index (χ3v) is 4.70. The monoisotopic (exact) mass is 435 g/mol. The molecule has 0 saturated heterocycles. The lowest BCUT2D eigenvalue weighted by Gasteiger charge is -2.11. The first-order chi connectivity index (χ1) is 15.6. The molecule has 7 heteroatoms. The predicted molar refractivity (Wildman–Crippen MR) is 126 cm³/mol. The van der Waals surface area contributed by atoms with Crippen LogP contribution >= 0.6 is 0 Å². The Labute approximate surface area is 188 Å². The minimum Gasteiger partial charge on any atom is -0.494 e. The molecule has 3 N–H and O–H groups in total. The first-order valence-corrected chi connectivity index (χ1v) is 10.9. The molecular weight excluding hydrogens is 406 g/mol. The van der Waals surface area contributed by atoms with E-state index in [4.69, 9.17) is 9.15 Å². The molecule has 0 spiro atoms. The van der Waals surface area contributed by atoms with Crippen LogP contribution in [0.2, 0.25) is 0 Å². The summed E-state index contributed by atoms with van der Waals surface area (Å²) in [6.45, 7) is 2.93. The molecule has 0 fully saturated rings. The van der Waals surface area contributed by atoms with Crippen LogP contribution in [0.1, 0.15) is 43.2 Å². The molecule has 1 heterocycles. The second-order valence-electron chi connectivity index (χ2n) is 7.35. The highest BCUT2D eigenvalue weighted by Crippen LogP contribution is 2.19.